The van der Waals surface area contributed by atoms with Gasteiger partial charge in [-0.2, -0.15) is 5.10 Å². The van der Waals surface area contributed by atoms with Crippen LogP contribution in [0.3, 0.4) is 0 Å². The summed E-state index contributed by atoms with van der Waals surface area (Å²) in [5.41, 5.74) is 3.15. The molecule has 0 saturated heterocycles. The van der Waals surface area contributed by atoms with Crippen molar-refractivity contribution in [2.75, 3.05) is 0 Å². The van der Waals surface area contributed by atoms with E-state index in [2.05, 4.69) is 26.3 Å². The fourth-order valence-corrected chi connectivity index (χ4v) is 2.41. The van der Waals surface area contributed by atoms with Gasteiger partial charge < -0.3 is 5.32 Å². The molecule has 2 rings (SSSR count). The van der Waals surface area contributed by atoms with E-state index in [4.69, 9.17) is 0 Å². The topological polar surface area (TPSA) is 73.0 Å². The van der Waals surface area contributed by atoms with E-state index in [0.717, 1.165) is 21.4 Å². The molecule has 0 aliphatic heterocycles. The van der Waals surface area contributed by atoms with Crippen molar-refractivity contribution in [3.63, 3.8) is 0 Å². The second-order valence-corrected chi connectivity index (χ2v) is 5.29. The van der Waals surface area contributed by atoms with E-state index in [9.17, 15) is 10.1 Å². The molecular formula is C13H15BrN4O2. The van der Waals surface area contributed by atoms with Crippen molar-refractivity contribution in [2.24, 2.45) is 7.05 Å². The highest BCUT2D eigenvalue weighted by atomic mass is 79.9. The molecule has 0 aliphatic carbocycles. The third kappa shape index (κ3) is 3.23. The minimum Gasteiger partial charge on any atom is -0.307 e. The van der Waals surface area contributed by atoms with Crippen molar-refractivity contribution in [3.8, 4) is 0 Å². The maximum Gasteiger partial charge on any atom is 0.269 e. The molecular weight excluding hydrogens is 324 g/mol. The lowest BCUT2D eigenvalue weighted by atomic mass is 10.2. The Hall–Kier alpha value is -1.73. The Morgan fingerprint density at radius 2 is 2.00 bits per heavy atom. The smallest absolute Gasteiger partial charge is 0.269 e. The van der Waals surface area contributed by atoms with Crippen molar-refractivity contribution in [3.05, 3.63) is 55.8 Å². The first kappa shape index (κ1) is 14.7. The monoisotopic (exact) mass is 338 g/mol. The number of hydrogen-bond donors (Lipinski definition) is 1. The lowest BCUT2D eigenvalue weighted by Gasteiger charge is -2.06. The Kier molecular flexibility index (Phi) is 4.51. The van der Waals surface area contributed by atoms with Crippen LogP contribution in [0.5, 0.6) is 0 Å². The number of nitrogens with one attached hydrogen (secondary N) is 1. The SMILES string of the molecule is Cc1nn(C)c(CNCc2ccc([N+](=O)[O-])cc2)c1Br. The van der Waals surface area contributed by atoms with E-state index in [1.807, 2.05) is 18.7 Å². The van der Waals surface area contributed by atoms with E-state index >= 15 is 0 Å². The van der Waals surface area contributed by atoms with Crippen molar-refractivity contribution < 1.29 is 4.92 Å². The molecule has 1 N–H and O–H groups in total. The van der Waals surface area contributed by atoms with Crippen molar-refractivity contribution in [1.82, 2.24) is 15.1 Å². The molecule has 0 bridgehead atoms. The Morgan fingerprint density at radius 3 is 2.50 bits per heavy atom. The van der Waals surface area contributed by atoms with Crippen LogP contribution < -0.4 is 5.32 Å². The lowest BCUT2D eigenvalue weighted by Crippen LogP contribution is -2.15. The van der Waals surface area contributed by atoms with Crippen LogP contribution in [0.2, 0.25) is 0 Å². The van der Waals surface area contributed by atoms with Crippen LogP contribution >= 0.6 is 15.9 Å². The van der Waals surface area contributed by atoms with E-state index in [0.29, 0.717) is 13.1 Å². The highest BCUT2D eigenvalue weighted by Crippen LogP contribution is 2.20. The average Bonchev–Trinajstić information content (AvgIpc) is 2.65. The van der Waals surface area contributed by atoms with Gasteiger partial charge in [-0.15, -0.1) is 0 Å². The number of halogens is 1. The van der Waals surface area contributed by atoms with E-state index in [1.54, 1.807) is 12.1 Å². The zero-order valence-corrected chi connectivity index (χ0v) is 12.8. The lowest BCUT2D eigenvalue weighted by molar-refractivity contribution is -0.384. The highest BCUT2D eigenvalue weighted by Gasteiger charge is 2.10. The summed E-state index contributed by atoms with van der Waals surface area (Å²) >= 11 is 3.51. The highest BCUT2D eigenvalue weighted by molar-refractivity contribution is 9.10. The van der Waals surface area contributed by atoms with Gasteiger partial charge in [0.1, 0.15) is 0 Å². The van der Waals surface area contributed by atoms with Crippen molar-refractivity contribution in [2.45, 2.75) is 20.0 Å². The van der Waals surface area contributed by atoms with Gasteiger partial charge in [0, 0.05) is 32.3 Å². The maximum atomic E-state index is 10.6. The molecule has 2 aromatic rings. The third-order valence-corrected chi connectivity index (χ3v) is 4.06. The molecule has 0 spiro atoms. The van der Waals surface area contributed by atoms with Crippen LogP contribution in [0.4, 0.5) is 5.69 Å². The number of nitro groups is 1. The van der Waals surface area contributed by atoms with Gasteiger partial charge in [0.25, 0.3) is 5.69 Å². The molecule has 0 saturated carbocycles. The van der Waals surface area contributed by atoms with Gasteiger partial charge in [-0.1, -0.05) is 12.1 Å². The predicted molar refractivity (Wildman–Crippen MR) is 79.3 cm³/mol. The number of aromatic nitrogens is 2. The van der Waals surface area contributed by atoms with Crippen molar-refractivity contribution >= 4 is 21.6 Å². The summed E-state index contributed by atoms with van der Waals surface area (Å²) in [6.45, 7) is 3.27. The number of aryl methyl sites for hydroxylation is 2. The summed E-state index contributed by atoms with van der Waals surface area (Å²) in [6, 6.07) is 6.55. The summed E-state index contributed by atoms with van der Waals surface area (Å²) in [5.74, 6) is 0. The predicted octanol–water partition coefficient (Wildman–Crippen LogP) is 2.69. The fraction of sp³-hybridized carbons (Fsp3) is 0.308. The van der Waals surface area contributed by atoms with Crippen LogP contribution in [0.25, 0.3) is 0 Å². The first-order valence-electron chi connectivity index (χ1n) is 6.11. The molecule has 7 heteroatoms. The molecule has 20 heavy (non-hydrogen) atoms. The standard InChI is InChI=1S/C13H15BrN4O2/c1-9-13(14)12(17(2)16-9)8-15-7-10-3-5-11(6-4-10)18(19)20/h3-6,15H,7-8H2,1-2H3. The first-order chi connectivity index (χ1) is 9.49. The first-order valence-corrected chi connectivity index (χ1v) is 6.90. The molecule has 0 amide bonds. The van der Waals surface area contributed by atoms with Gasteiger partial charge >= 0.3 is 0 Å². The molecule has 1 aromatic heterocycles. The quantitative estimate of drug-likeness (QED) is 0.671. The molecule has 0 radical (unpaired) electrons. The Morgan fingerprint density at radius 1 is 1.35 bits per heavy atom. The minimum absolute atomic E-state index is 0.110. The number of rotatable bonds is 5. The molecule has 6 nitrogen and oxygen atoms in total. The largest absolute Gasteiger partial charge is 0.307 e. The van der Waals surface area contributed by atoms with Crippen LogP contribution in [-0.2, 0) is 20.1 Å². The van der Waals surface area contributed by atoms with Gasteiger partial charge in [0.05, 0.1) is 20.8 Å². The molecule has 1 aromatic carbocycles. The maximum absolute atomic E-state index is 10.6. The van der Waals surface area contributed by atoms with E-state index < -0.39 is 4.92 Å². The second kappa shape index (κ2) is 6.15. The number of nitrogens with zero attached hydrogens (tertiary/aromatic N) is 3. The third-order valence-electron chi connectivity index (χ3n) is 3.03. The van der Waals surface area contributed by atoms with Crippen LogP contribution in [0.1, 0.15) is 17.0 Å². The van der Waals surface area contributed by atoms with Gasteiger partial charge in [0.2, 0.25) is 0 Å². The summed E-state index contributed by atoms with van der Waals surface area (Å²) in [7, 11) is 1.90. The molecule has 0 atom stereocenters. The zero-order chi connectivity index (χ0) is 14.7. The number of non-ortho nitro benzene ring substituents is 1. The Bertz CT molecular complexity index is 622. The fourth-order valence-electron chi connectivity index (χ4n) is 1.93. The van der Waals surface area contributed by atoms with Crippen molar-refractivity contribution in [1.29, 1.82) is 0 Å². The summed E-state index contributed by atoms with van der Waals surface area (Å²) in [5, 5.41) is 18.2. The zero-order valence-electron chi connectivity index (χ0n) is 11.3. The molecule has 0 unspecified atom stereocenters. The second-order valence-electron chi connectivity index (χ2n) is 4.50. The Labute approximate surface area is 125 Å². The van der Waals surface area contributed by atoms with Crippen LogP contribution in [0, 0.1) is 17.0 Å². The summed E-state index contributed by atoms with van der Waals surface area (Å²) < 4.78 is 2.85. The van der Waals surface area contributed by atoms with E-state index in [-0.39, 0.29) is 5.69 Å². The Balaban J connectivity index is 1.94. The number of hydrogen-bond acceptors (Lipinski definition) is 4. The molecule has 106 valence electrons. The molecule has 1 heterocycles. The van der Waals surface area contributed by atoms with Crippen LogP contribution in [0.15, 0.2) is 28.7 Å². The van der Waals surface area contributed by atoms with Gasteiger partial charge in [-0.25, -0.2) is 0 Å². The minimum atomic E-state index is -0.396. The molecule has 0 fully saturated rings. The average molecular weight is 339 g/mol. The summed E-state index contributed by atoms with van der Waals surface area (Å²) in [4.78, 5) is 10.2. The number of nitro benzene ring substituents is 1. The number of benzene rings is 1. The van der Waals surface area contributed by atoms with Gasteiger partial charge in [-0.3, -0.25) is 14.8 Å². The normalized spacial score (nSPS) is 10.8. The van der Waals surface area contributed by atoms with E-state index in [1.165, 1.54) is 12.1 Å². The van der Waals surface area contributed by atoms with Gasteiger partial charge in [-0.05, 0) is 28.4 Å². The van der Waals surface area contributed by atoms with Crippen LogP contribution in [-0.4, -0.2) is 14.7 Å². The molecule has 0 aliphatic rings. The summed E-state index contributed by atoms with van der Waals surface area (Å²) in [6.07, 6.45) is 0. The van der Waals surface area contributed by atoms with Gasteiger partial charge in [0.15, 0.2) is 0 Å².